The summed E-state index contributed by atoms with van der Waals surface area (Å²) in [5.74, 6) is 0.0407. The smallest absolute Gasteiger partial charge is 0.225 e. The molecule has 1 atom stereocenters. The normalized spacial score (nSPS) is 20.9. The second-order valence-electron chi connectivity index (χ2n) is 5.04. The van der Waals surface area contributed by atoms with Crippen LogP contribution in [0.25, 0.3) is 0 Å². The van der Waals surface area contributed by atoms with Gasteiger partial charge >= 0.3 is 0 Å². The van der Waals surface area contributed by atoms with Crippen molar-refractivity contribution >= 4 is 18.5 Å². The summed E-state index contributed by atoms with van der Waals surface area (Å²) in [5, 5.41) is 9.83. The molecule has 0 aliphatic carbocycles. The SMILES string of the molecule is CC(S)N1CCN(C(=O)CC(C)(C)O)CC1. The fourth-order valence-corrected chi connectivity index (χ4v) is 2.06. The van der Waals surface area contributed by atoms with Crippen molar-refractivity contribution in [1.29, 1.82) is 0 Å². The van der Waals surface area contributed by atoms with Gasteiger partial charge in [-0.15, -0.1) is 0 Å². The topological polar surface area (TPSA) is 43.8 Å². The molecule has 0 aromatic carbocycles. The summed E-state index contributed by atoms with van der Waals surface area (Å²) < 4.78 is 0. The van der Waals surface area contributed by atoms with Crippen molar-refractivity contribution < 1.29 is 9.90 Å². The Morgan fingerprint density at radius 1 is 1.38 bits per heavy atom. The Balaban J connectivity index is 2.39. The van der Waals surface area contributed by atoms with E-state index < -0.39 is 5.60 Å². The highest BCUT2D eigenvalue weighted by Gasteiger charge is 2.26. The first-order valence-electron chi connectivity index (χ1n) is 5.72. The first-order valence-corrected chi connectivity index (χ1v) is 6.23. The number of amides is 1. The van der Waals surface area contributed by atoms with Gasteiger partial charge < -0.3 is 10.0 Å². The molecule has 0 bridgehead atoms. The molecule has 5 heteroatoms. The number of carbonyl (C=O) groups is 1. The first kappa shape index (κ1) is 13.8. The lowest BCUT2D eigenvalue weighted by Gasteiger charge is -2.37. The third-order valence-electron chi connectivity index (χ3n) is 2.78. The molecule has 1 aliphatic heterocycles. The van der Waals surface area contributed by atoms with E-state index in [1.165, 1.54) is 0 Å². The number of aliphatic hydroxyl groups is 1. The lowest BCUT2D eigenvalue weighted by Crippen LogP contribution is -2.51. The molecule has 1 saturated heterocycles. The van der Waals surface area contributed by atoms with Crippen LogP contribution >= 0.6 is 12.6 Å². The van der Waals surface area contributed by atoms with Crippen LogP contribution in [0.4, 0.5) is 0 Å². The van der Waals surface area contributed by atoms with E-state index in [0.717, 1.165) is 26.2 Å². The highest BCUT2D eigenvalue weighted by atomic mass is 32.1. The summed E-state index contributed by atoms with van der Waals surface area (Å²) >= 11 is 4.37. The molecule has 1 N–H and O–H groups in total. The van der Waals surface area contributed by atoms with Crippen LogP contribution in [-0.2, 0) is 4.79 Å². The lowest BCUT2D eigenvalue weighted by atomic mass is 10.0. The summed E-state index contributed by atoms with van der Waals surface area (Å²) in [4.78, 5) is 15.9. The zero-order valence-electron chi connectivity index (χ0n) is 10.3. The Labute approximate surface area is 103 Å². The summed E-state index contributed by atoms with van der Waals surface area (Å²) in [6.07, 6.45) is 0.198. The molecule has 0 saturated carbocycles. The summed E-state index contributed by atoms with van der Waals surface area (Å²) in [7, 11) is 0. The van der Waals surface area contributed by atoms with Crippen molar-refractivity contribution in [3.05, 3.63) is 0 Å². The first-order chi connectivity index (χ1) is 7.29. The van der Waals surface area contributed by atoms with Gasteiger partial charge in [0, 0.05) is 26.2 Å². The lowest BCUT2D eigenvalue weighted by molar-refractivity contribution is -0.137. The number of nitrogens with zero attached hydrogens (tertiary/aromatic N) is 2. The number of carbonyl (C=O) groups excluding carboxylic acids is 1. The highest BCUT2D eigenvalue weighted by molar-refractivity contribution is 7.80. The van der Waals surface area contributed by atoms with Gasteiger partial charge in [-0.05, 0) is 20.8 Å². The number of rotatable bonds is 3. The number of hydrogen-bond acceptors (Lipinski definition) is 4. The van der Waals surface area contributed by atoms with Crippen molar-refractivity contribution in [2.24, 2.45) is 0 Å². The van der Waals surface area contributed by atoms with E-state index in [-0.39, 0.29) is 17.7 Å². The van der Waals surface area contributed by atoms with Crippen LogP contribution < -0.4 is 0 Å². The van der Waals surface area contributed by atoms with Crippen LogP contribution in [0, 0.1) is 0 Å². The predicted octanol–water partition coefficient (Wildman–Crippen LogP) is 0.567. The Kier molecular flexibility index (Phi) is 4.64. The molecular formula is C11H22N2O2S. The molecule has 1 fully saturated rings. The van der Waals surface area contributed by atoms with Crippen molar-refractivity contribution in [2.75, 3.05) is 26.2 Å². The highest BCUT2D eigenvalue weighted by Crippen LogP contribution is 2.13. The van der Waals surface area contributed by atoms with E-state index in [0.29, 0.717) is 0 Å². The van der Waals surface area contributed by atoms with Crippen molar-refractivity contribution in [3.8, 4) is 0 Å². The summed E-state index contributed by atoms with van der Waals surface area (Å²) in [6, 6.07) is 0. The molecule has 4 nitrogen and oxygen atoms in total. The van der Waals surface area contributed by atoms with E-state index in [4.69, 9.17) is 0 Å². The van der Waals surface area contributed by atoms with Gasteiger partial charge in [-0.1, -0.05) is 0 Å². The predicted molar refractivity (Wildman–Crippen MR) is 67.5 cm³/mol. The van der Waals surface area contributed by atoms with Crippen LogP contribution in [0.1, 0.15) is 27.2 Å². The van der Waals surface area contributed by atoms with E-state index >= 15 is 0 Å². The molecular weight excluding hydrogens is 224 g/mol. The van der Waals surface area contributed by atoms with Crippen molar-refractivity contribution in [1.82, 2.24) is 9.80 Å². The second-order valence-corrected chi connectivity index (χ2v) is 5.79. The van der Waals surface area contributed by atoms with Gasteiger partial charge in [-0.3, -0.25) is 9.69 Å². The molecule has 94 valence electrons. The van der Waals surface area contributed by atoms with Crippen molar-refractivity contribution in [3.63, 3.8) is 0 Å². The second kappa shape index (κ2) is 5.38. The van der Waals surface area contributed by atoms with Gasteiger partial charge in [-0.2, -0.15) is 12.6 Å². The molecule has 1 aliphatic rings. The molecule has 1 unspecified atom stereocenters. The Bertz CT molecular complexity index is 243. The fourth-order valence-electron chi connectivity index (χ4n) is 1.83. The zero-order valence-corrected chi connectivity index (χ0v) is 11.2. The maximum atomic E-state index is 11.8. The molecule has 16 heavy (non-hydrogen) atoms. The van der Waals surface area contributed by atoms with Crippen LogP contribution in [-0.4, -0.2) is 58.0 Å². The quantitative estimate of drug-likeness (QED) is 0.716. The monoisotopic (exact) mass is 246 g/mol. The van der Waals surface area contributed by atoms with E-state index in [2.05, 4.69) is 17.5 Å². The number of thiol groups is 1. The van der Waals surface area contributed by atoms with Gasteiger partial charge in [-0.25, -0.2) is 0 Å². The van der Waals surface area contributed by atoms with Gasteiger partial charge in [0.05, 0.1) is 17.4 Å². The molecule has 0 aromatic heterocycles. The minimum Gasteiger partial charge on any atom is -0.390 e. The zero-order chi connectivity index (χ0) is 12.3. The van der Waals surface area contributed by atoms with Gasteiger partial charge in [0.1, 0.15) is 0 Å². The fraction of sp³-hybridized carbons (Fsp3) is 0.909. The van der Waals surface area contributed by atoms with Gasteiger partial charge in [0.25, 0.3) is 0 Å². The number of piperazine rings is 1. The van der Waals surface area contributed by atoms with E-state index in [1.54, 1.807) is 13.8 Å². The van der Waals surface area contributed by atoms with Crippen LogP contribution in [0.5, 0.6) is 0 Å². The largest absolute Gasteiger partial charge is 0.390 e. The molecule has 1 rings (SSSR count). The molecule has 0 radical (unpaired) electrons. The van der Waals surface area contributed by atoms with Gasteiger partial charge in [0.15, 0.2) is 0 Å². The molecule has 1 amide bonds. The minimum atomic E-state index is -0.912. The van der Waals surface area contributed by atoms with E-state index in [1.807, 2.05) is 11.8 Å². The Morgan fingerprint density at radius 3 is 2.25 bits per heavy atom. The Morgan fingerprint density at radius 2 is 1.88 bits per heavy atom. The molecule has 1 heterocycles. The maximum absolute atomic E-state index is 11.8. The molecule has 0 spiro atoms. The van der Waals surface area contributed by atoms with Crippen LogP contribution in [0.2, 0.25) is 0 Å². The third-order valence-corrected chi connectivity index (χ3v) is 3.11. The van der Waals surface area contributed by atoms with Crippen molar-refractivity contribution in [2.45, 2.75) is 38.2 Å². The van der Waals surface area contributed by atoms with Crippen LogP contribution in [0.15, 0.2) is 0 Å². The average molecular weight is 246 g/mol. The average Bonchev–Trinajstić information content (AvgIpc) is 2.15. The third kappa shape index (κ3) is 4.31. The standard InChI is InChI=1S/C11H22N2O2S/c1-9(16)12-4-6-13(7-5-12)10(14)8-11(2,3)15/h9,15-16H,4-8H2,1-3H3. The molecule has 0 aromatic rings. The number of hydrogen-bond donors (Lipinski definition) is 2. The Hall–Kier alpha value is -0.260. The van der Waals surface area contributed by atoms with E-state index in [9.17, 15) is 9.90 Å². The maximum Gasteiger partial charge on any atom is 0.225 e. The van der Waals surface area contributed by atoms with Gasteiger partial charge in [0.2, 0.25) is 5.91 Å². The minimum absolute atomic E-state index is 0.0407. The summed E-state index contributed by atoms with van der Waals surface area (Å²) in [6.45, 7) is 8.56. The summed E-state index contributed by atoms with van der Waals surface area (Å²) in [5.41, 5.74) is -0.912. The van der Waals surface area contributed by atoms with Crippen LogP contribution in [0.3, 0.4) is 0 Å².